The highest BCUT2D eigenvalue weighted by molar-refractivity contribution is 5.82. The Morgan fingerprint density at radius 3 is 2.62 bits per heavy atom. The van der Waals surface area contributed by atoms with Crippen LogP contribution >= 0.6 is 0 Å². The van der Waals surface area contributed by atoms with E-state index in [1.54, 1.807) is 7.11 Å². The molecule has 1 heterocycles. The highest BCUT2D eigenvalue weighted by Crippen LogP contribution is 2.68. The number of carbonyl (C=O) groups excluding carboxylic acids is 1. The van der Waals surface area contributed by atoms with Crippen molar-refractivity contribution >= 4 is 5.78 Å². The molecule has 8 atom stereocenters. The van der Waals surface area contributed by atoms with E-state index in [9.17, 15) is 9.90 Å². The summed E-state index contributed by atoms with van der Waals surface area (Å²) in [4.78, 5) is 13.4. The summed E-state index contributed by atoms with van der Waals surface area (Å²) in [5.41, 5.74) is 0.822. The number of aromatic nitrogens is 2. The smallest absolute Gasteiger partial charge is 0.157 e. The third-order valence-corrected chi connectivity index (χ3v) is 10.7. The predicted octanol–water partition coefficient (Wildman–Crippen LogP) is 4.80. The van der Waals surface area contributed by atoms with E-state index in [0.29, 0.717) is 36.2 Å². The number of aliphatic hydroxyl groups is 1. The molecule has 0 bridgehead atoms. The standard InChI is InChI=1S/C27H42N2O3/c1-18-10-14-29(28-18)16-24(30)23-8-7-21-20-6-5-19-15-27(31,17-32-4)13-12-25(19,2)22(20)9-11-26(21,23)3/h10,14,19-23,31H,5-9,11-13,15-17H2,1-4H3/t19-,20-,21-,22-,23-,25-,26-,27+/m0/s1. The summed E-state index contributed by atoms with van der Waals surface area (Å²) >= 11 is 0. The first-order chi connectivity index (χ1) is 15.2. The SMILES string of the molecule is COC[C@@]1(O)CC[C@@]2(C)[C@@H](CC[C@@H]3[C@@H]2CC[C@]2(C)[C@H](C(=O)Cn4ccc(C)n4)CC[C@@H]32)C1. The fourth-order valence-electron chi connectivity index (χ4n) is 9.07. The maximum Gasteiger partial charge on any atom is 0.157 e. The molecule has 0 aliphatic heterocycles. The Balaban J connectivity index is 1.32. The van der Waals surface area contributed by atoms with Crippen LogP contribution in [0.1, 0.15) is 77.3 Å². The fourth-order valence-corrected chi connectivity index (χ4v) is 9.07. The number of ether oxygens (including phenoxy) is 1. The Bertz CT molecular complexity index is 867. The molecule has 0 unspecified atom stereocenters. The Labute approximate surface area is 193 Å². The van der Waals surface area contributed by atoms with Gasteiger partial charge in [0.05, 0.1) is 24.4 Å². The number of nitrogens with zero attached hydrogens (tertiary/aromatic N) is 2. The number of aryl methyl sites for hydroxylation is 1. The van der Waals surface area contributed by atoms with Crippen molar-refractivity contribution in [1.82, 2.24) is 9.78 Å². The summed E-state index contributed by atoms with van der Waals surface area (Å²) in [6.07, 6.45) is 12.0. The largest absolute Gasteiger partial charge is 0.387 e. The van der Waals surface area contributed by atoms with Gasteiger partial charge in [-0.25, -0.2) is 0 Å². The Hall–Kier alpha value is -1.20. The second-order valence-electron chi connectivity index (χ2n) is 12.3. The molecular formula is C27H42N2O3. The molecule has 4 aliphatic rings. The molecule has 5 rings (SSSR count). The predicted molar refractivity (Wildman–Crippen MR) is 124 cm³/mol. The highest BCUT2D eigenvalue weighted by Gasteiger charge is 2.62. The van der Waals surface area contributed by atoms with E-state index in [2.05, 4.69) is 18.9 Å². The lowest BCUT2D eigenvalue weighted by atomic mass is 9.44. The lowest BCUT2D eigenvalue weighted by molar-refractivity contribution is -0.164. The quantitative estimate of drug-likeness (QED) is 0.712. The molecule has 4 fully saturated rings. The van der Waals surface area contributed by atoms with E-state index in [4.69, 9.17) is 4.74 Å². The Kier molecular flexibility index (Phi) is 5.60. The minimum Gasteiger partial charge on any atom is -0.387 e. The molecule has 1 aromatic heterocycles. The van der Waals surface area contributed by atoms with Crippen LogP contribution in [0.2, 0.25) is 0 Å². The zero-order valence-electron chi connectivity index (χ0n) is 20.5. The van der Waals surface area contributed by atoms with Crippen LogP contribution in [0.4, 0.5) is 0 Å². The minimum atomic E-state index is -0.634. The average Bonchev–Trinajstić information content (AvgIpc) is 3.31. The van der Waals surface area contributed by atoms with Crippen LogP contribution in [0.5, 0.6) is 0 Å². The fraction of sp³-hybridized carbons (Fsp3) is 0.852. The van der Waals surface area contributed by atoms with E-state index >= 15 is 0 Å². The van der Waals surface area contributed by atoms with Crippen molar-refractivity contribution in [2.45, 2.75) is 90.7 Å². The van der Waals surface area contributed by atoms with E-state index in [0.717, 1.165) is 43.2 Å². The Morgan fingerprint density at radius 1 is 1.12 bits per heavy atom. The first-order valence-electron chi connectivity index (χ1n) is 12.9. The maximum absolute atomic E-state index is 13.4. The van der Waals surface area contributed by atoms with Crippen molar-refractivity contribution in [3.05, 3.63) is 18.0 Å². The van der Waals surface area contributed by atoms with Gasteiger partial charge in [-0.05, 0) is 105 Å². The summed E-state index contributed by atoms with van der Waals surface area (Å²) in [6, 6.07) is 1.98. The third-order valence-electron chi connectivity index (χ3n) is 10.7. The lowest BCUT2D eigenvalue weighted by Gasteiger charge is -2.62. The van der Waals surface area contributed by atoms with Crippen molar-refractivity contribution in [2.24, 2.45) is 40.4 Å². The second kappa shape index (κ2) is 7.94. The van der Waals surface area contributed by atoms with Gasteiger partial charge in [-0.3, -0.25) is 9.48 Å². The highest BCUT2D eigenvalue weighted by atomic mass is 16.5. The van der Waals surface area contributed by atoms with Gasteiger partial charge < -0.3 is 9.84 Å². The molecule has 4 aliphatic carbocycles. The third kappa shape index (κ3) is 3.50. The molecule has 4 saturated carbocycles. The van der Waals surface area contributed by atoms with Crippen LogP contribution < -0.4 is 0 Å². The zero-order valence-corrected chi connectivity index (χ0v) is 20.5. The molecule has 0 saturated heterocycles. The normalized spacial score (nSPS) is 45.7. The molecule has 0 aromatic carbocycles. The van der Waals surface area contributed by atoms with Gasteiger partial charge in [-0.2, -0.15) is 5.10 Å². The molecule has 178 valence electrons. The first-order valence-corrected chi connectivity index (χ1v) is 12.9. The summed E-state index contributed by atoms with van der Waals surface area (Å²) in [6.45, 7) is 7.83. The number of hydrogen-bond donors (Lipinski definition) is 1. The van der Waals surface area contributed by atoms with E-state index < -0.39 is 5.60 Å². The van der Waals surface area contributed by atoms with Gasteiger partial charge in [0.1, 0.15) is 0 Å². The van der Waals surface area contributed by atoms with Crippen LogP contribution in [0.3, 0.4) is 0 Å². The molecule has 32 heavy (non-hydrogen) atoms. The van der Waals surface area contributed by atoms with Crippen LogP contribution in [0.25, 0.3) is 0 Å². The zero-order chi connectivity index (χ0) is 22.7. The van der Waals surface area contributed by atoms with Gasteiger partial charge >= 0.3 is 0 Å². The number of carbonyl (C=O) groups is 1. The van der Waals surface area contributed by atoms with Crippen molar-refractivity contribution in [3.63, 3.8) is 0 Å². The van der Waals surface area contributed by atoms with Crippen LogP contribution in [0.15, 0.2) is 12.3 Å². The van der Waals surface area contributed by atoms with Crippen LogP contribution in [-0.4, -0.2) is 40.0 Å². The average molecular weight is 443 g/mol. The van der Waals surface area contributed by atoms with Gasteiger partial charge in [0.25, 0.3) is 0 Å². The summed E-state index contributed by atoms with van der Waals surface area (Å²) in [5, 5.41) is 15.5. The molecule has 0 spiro atoms. The lowest BCUT2D eigenvalue weighted by Crippen LogP contribution is -2.56. The maximum atomic E-state index is 13.4. The number of ketones is 1. The number of methoxy groups -OCH3 is 1. The number of Topliss-reactive ketones (excluding diaryl/α,β-unsaturated/α-hetero) is 1. The molecule has 0 radical (unpaired) electrons. The van der Waals surface area contributed by atoms with Crippen LogP contribution in [0, 0.1) is 47.3 Å². The van der Waals surface area contributed by atoms with Gasteiger partial charge in [-0.15, -0.1) is 0 Å². The topological polar surface area (TPSA) is 64.3 Å². The Morgan fingerprint density at radius 2 is 1.91 bits per heavy atom. The van der Waals surface area contributed by atoms with E-state index in [-0.39, 0.29) is 11.3 Å². The van der Waals surface area contributed by atoms with Gasteiger partial charge in [-0.1, -0.05) is 13.8 Å². The minimum absolute atomic E-state index is 0.148. The molecular weight excluding hydrogens is 400 g/mol. The molecule has 5 heteroatoms. The molecule has 0 amide bonds. The van der Waals surface area contributed by atoms with Gasteiger partial charge in [0.15, 0.2) is 5.78 Å². The molecule has 5 nitrogen and oxygen atoms in total. The van der Waals surface area contributed by atoms with Crippen molar-refractivity contribution in [1.29, 1.82) is 0 Å². The number of fused-ring (bicyclic) bond motifs is 5. The monoisotopic (exact) mass is 442 g/mol. The number of hydrogen-bond acceptors (Lipinski definition) is 4. The first kappa shape index (κ1) is 22.6. The molecule has 1 N–H and O–H groups in total. The second-order valence-corrected chi connectivity index (χ2v) is 12.3. The van der Waals surface area contributed by atoms with E-state index in [1.807, 2.05) is 23.9 Å². The van der Waals surface area contributed by atoms with Crippen molar-refractivity contribution in [3.8, 4) is 0 Å². The molecule has 1 aromatic rings. The van der Waals surface area contributed by atoms with Crippen molar-refractivity contribution in [2.75, 3.05) is 13.7 Å². The van der Waals surface area contributed by atoms with E-state index in [1.165, 1.54) is 32.1 Å². The van der Waals surface area contributed by atoms with Gasteiger partial charge in [0.2, 0.25) is 0 Å². The van der Waals surface area contributed by atoms with Crippen LogP contribution in [-0.2, 0) is 16.1 Å². The summed E-state index contributed by atoms with van der Waals surface area (Å²) in [7, 11) is 1.70. The summed E-state index contributed by atoms with van der Waals surface area (Å²) in [5.74, 6) is 3.33. The number of rotatable bonds is 5. The van der Waals surface area contributed by atoms with Gasteiger partial charge in [0, 0.05) is 19.2 Å². The summed E-state index contributed by atoms with van der Waals surface area (Å²) < 4.78 is 7.19. The van der Waals surface area contributed by atoms with Crippen molar-refractivity contribution < 1.29 is 14.6 Å².